The zero-order valence-corrected chi connectivity index (χ0v) is 20.5. The fourth-order valence-electron chi connectivity index (χ4n) is 4.17. The number of hydrogen-bond acceptors (Lipinski definition) is 6. The van der Waals surface area contributed by atoms with Crippen molar-refractivity contribution in [3.05, 3.63) is 68.8 Å². The predicted molar refractivity (Wildman–Crippen MR) is 124 cm³/mol. The Morgan fingerprint density at radius 1 is 0.719 bits per heavy atom. The number of ether oxygens (including phenoxy) is 1. The van der Waals surface area contributed by atoms with Crippen LogP contribution in [0.3, 0.4) is 0 Å². The molecule has 0 fully saturated rings. The maximum absolute atomic E-state index is 14.2. The topological polar surface area (TPSA) is 94.6 Å². The summed E-state index contributed by atoms with van der Waals surface area (Å²) in [5.41, 5.74) is 2.83. The molecule has 0 spiro atoms. The Morgan fingerprint density at radius 2 is 1.06 bits per heavy atom. The van der Waals surface area contributed by atoms with E-state index in [0.29, 0.717) is 22.3 Å². The van der Waals surface area contributed by atoms with Crippen LogP contribution in [0.2, 0.25) is 0 Å². The largest absolute Gasteiger partial charge is 0.469 e. The van der Waals surface area contributed by atoms with Crippen LogP contribution >= 0.6 is 7.14 Å². The number of ketones is 1. The molecule has 0 aliphatic carbocycles. The summed E-state index contributed by atoms with van der Waals surface area (Å²) in [6, 6.07) is 7.09. The number of benzene rings is 2. The molecule has 0 saturated heterocycles. The lowest BCUT2D eigenvalue weighted by atomic mass is 10.0. The molecule has 7 heteroatoms. The zero-order valence-electron chi connectivity index (χ0n) is 19.6. The van der Waals surface area contributed by atoms with Crippen LogP contribution in [0.15, 0.2) is 24.3 Å². The van der Waals surface area contributed by atoms with Gasteiger partial charge in [0.25, 0.3) is 0 Å². The number of carbonyl (C=O) groups is 4. The number of carbonyl (C=O) groups excluding carboxylic acids is 4. The normalized spacial score (nSPS) is 11.2. The van der Waals surface area contributed by atoms with Gasteiger partial charge in [-0.1, -0.05) is 35.4 Å². The van der Waals surface area contributed by atoms with Crippen LogP contribution in [0, 0.1) is 41.5 Å². The Bertz CT molecular complexity index is 1060. The Morgan fingerprint density at radius 3 is 1.38 bits per heavy atom. The number of aryl methyl sites for hydroxylation is 6. The van der Waals surface area contributed by atoms with Crippen LogP contribution in [0.1, 0.15) is 60.5 Å². The number of Topliss-reactive ketones (excluding diaryl/α,β-unsaturated/α-hetero) is 1. The molecular weight excluding hydrogens is 427 g/mol. The van der Waals surface area contributed by atoms with Gasteiger partial charge < -0.3 is 9.30 Å². The van der Waals surface area contributed by atoms with Gasteiger partial charge in [0.15, 0.2) is 5.78 Å². The molecule has 0 heterocycles. The third-order valence-corrected chi connectivity index (χ3v) is 7.96. The summed E-state index contributed by atoms with van der Waals surface area (Å²) in [6.07, 6.45) is -1.47. The second kappa shape index (κ2) is 9.74. The Balaban J connectivity index is 2.69. The van der Waals surface area contributed by atoms with Crippen LogP contribution < -0.4 is 0 Å². The highest BCUT2D eigenvalue weighted by atomic mass is 31.2. The van der Waals surface area contributed by atoms with Gasteiger partial charge in [-0.3, -0.25) is 19.2 Å². The third-order valence-electron chi connectivity index (χ3n) is 5.41. The molecule has 0 bridgehead atoms. The molecule has 0 amide bonds. The van der Waals surface area contributed by atoms with Crippen molar-refractivity contribution in [2.75, 3.05) is 13.3 Å². The first-order valence-electron chi connectivity index (χ1n) is 10.2. The highest BCUT2D eigenvalue weighted by Gasteiger charge is 2.44. The van der Waals surface area contributed by atoms with Crippen LogP contribution in [-0.2, 0) is 18.9 Å². The lowest BCUT2D eigenvalue weighted by Crippen LogP contribution is -2.22. The van der Waals surface area contributed by atoms with Gasteiger partial charge in [-0.15, -0.1) is 0 Å². The molecular formula is C25H29O6P. The first-order chi connectivity index (χ1) is 14.8. The predicted octanol–water partition coefficient (Wildman–Crippen LogP) is 5.01. The van der Waals surface area contributed by atoms with Crippen molar-refractivity contribution in [3.63, 3.8) is 0 Å². The van der Waals surface area contributed by atoms with Gasteiger partial charge in [0.2, 0.25) is 18.2 Å². The van der Waals surface area contributed by atoms with Crippen LogP contribution in [0.4, 0.5) is 0 Å². The lowest BCUT2D eigenvalue weighted by molar-refractivity contribution is -0.142. The summed E-state index contributed by atoms with van der Waals surface area (Å²) in [6.45, 7) is 10.6. The second-order valence-electron chi connectivity index (χ2n) is 8.35. The number of esters is 1. The van der Waals surface area contributed by atoms with E-state index in [0.717, 1.165) is 18.2 Å². The monoisotopic (exact) mass is 456 g/mol. The Kier molecular flexibility index (Phi) is 7.74. The van der Waals surface area contributed by atoms with E-state index in [4.69, 9.17) is 0 Å². The van der Waals surface area contributed by atoms with E-state index in [-0.39, 0.29) is 11.1 Å². The lowest BCUT2D eigenvalue weighted by Gasteiger charge is -2.20. The summed E-state index contributed by atoms with van der Waals surface area (Å²) in [7, 11) is -3.31. The summed E-state index contributed by atoms with van der Waals surface area (Å²) in [5.74, 6) is -1.58. The summed E-state index contributed by atoms with van der Waals surface area (Å²) in [4.78, 5) is 51.5. The molecule has 0 aliphatic rings. The molecule has 2 aromatic rings. The minimum Gasteiger partial charge on any atom is -0.469 e. The smallest absolute Gasteiger partial charge is 0.313 e. The number of methoxy groups -OCH3 is 1. The Hall–Kier alpha value is -2.85. The molecule has 6 nitrogen and oxygen atoms in total. The van der Waals surface area contributed by atoms with Crippen molar-refractivity contribution < 1.29 is 28.5 Å². The average Bonchev–Trinajstić information content (AvgIpc) is 2.65. The van der Waals surface area contributed by atoms with Crippen molar-refractivity contribution >= 4 is 29.9 Å². The molecule has 32 heavy (non-hydrogen) atoms. The average molecular weight is 456 g/mol. The molecule has 0 radical (unpaired) electrons. The molecule has 2 aromatic carbocycles. The summed E-state index contributed by atoms with van der Waals surface area (Å²) < 4.78 is 18.7. The summed E-state index contributed by atoms with van der Waals surface area (Å²) in [5, 5.41) is 0. The standard InChI is InChI=1S/C25H29O6P/c1-14-8-16(3)22(17(4)9-14)24(28)32(30,13-20(26)12-21(27)31-7)25(29)23-18(5)10-15(2)11-19(23)6/h8-11H,12-13H2,1-7H3. The third kappa shape index (κ3) is 5.13. The fraction of sp³-hybridized carbons (Fsp3) is 0.360. The van der Waals surface area contributed by atoms with Gasteiger partial charge in [0, 0.05) is 11.1 Å². The van der Waals surface area contributed by atoms with Gasteiger partial charge in [0.1, 0.15) is 6.42 Å². The van der Waals surface area contributed by atoms with Crippen molar-refractivity contribution in [1.82, 2.24) is 0 Å². The van der Waals surface area contributed by atoms with Crippen LogP contribution in [0.5, 0.6) is 0 Å². The van der Waals surface area contributed by atoms with Gasteiger partial charge in [-0.2, -0.15) is 0 Å². The van der Waals surface area contributed by atoms with Crippen molar-refractivity contribution in [2.24, 2.45) is 0 Å². The quantitative estimate of drug-likeness (QED) is 0.315. The van der Waals surface area contributed by atoms with Gasteiger partial charge >= 0.3 is 5.97 Å². The van der Waals surface area contributed by atoms with E-state index in [2.05, 4.69) is 4.74 Å². The van der Waals surface area contributed by atoms with Crippen molar-refractivity contribution in [1.29, 1.82) is 0 Å². The maximum atomic E-state index is 14.2. The Labute approximate surface area is 188 Å². The fourth-order valence-corrected chi connectivity index (χ4v) is 6.68. The molecule has 0 saturated carbocycles. The van der Waals surface area contributed by atoms with Gasteiger partial charge in [0.05, 0.1) is 13.3 Å². The van der Waals surface area contributed by atoms with E-state index in [1.165, 1.54) is 0 Å². The minimum absolute atomic E-state index is 0.181. The molecule has 0 N–H and O–H groups in total. The van der Waals surface area contributed by atoms with Gasteiger partial charge in [-0.25, -0.2) is 0 Å². The number of rotatable bonds is 8. The second-order valence-corrected chi connectivity index (χ2v) is 11.0. The van der Waals surface area contributed by atoms with Crippen LogP contribution in [0.25, 0.3) is 0 Å². The first kappa shape index (κ1) is 25.4. The van der Waals surface area contributed by atoms with Gasteiger partial charge in [-0.05, 0) is 63.8 Å². The van der Waals surface area contributed by atoms with E-state index < -0.39 is 42.5 Å². The van der Waals surface area contributed by atoms with E-state index in [9.17, 15) is 23.7 Å². The van der Waals surface area contributed by atoms with E-state index in [1.807, 2.05) is 13.8 Å². The number of hydrogen-bond donors (Lipinski definition) is 0. The molecule has 170 valence electrons. The van der Waals surface area contributed by atoms with E-state index >= 15 is 0 Å². The highest BCUT2D eigenvalue weighted by molar-refractivity contribution is 7.96. The first-order valence-corrected chi connectivity index (χ1v) is 12.1. The molecule has 0 unspecified atom stereocenters. The van der Waals surface area contributed by atoms with E-state index in [1.54, 1.807) is 52.0 Å². The molecule has 0 aromatic heterocycles. The van der Waals surface area contributed by atoms with Crippen LogP contribution in [-0.4, -0.2) is 36.1 Å². The molecule has 0 aliphatic heterocycles. The SMILES string of the molecule is COC(=O)CC(=O)CP(=O)(C(=O)c1c(C)cc(C)cc1C)C(=O)c1c(C)cc(C)cc1C. The minimum atomic E-state index is -4.44. The van der Waals surface area contributed by atoms with Crippen molar-refractivity contribution in [3.8, 4) is 0 Å². The highest BCUT2D eigenvalue weighted by Crippen LogP contribution is 2.53. The summed E-state index contributed by atoms with van der Waals surface area (Å²) >= 11 is 0. The molecule has 2 rings (SSSR count). The zero-order chi connectivity index (χ0) is 24.4. The maximum Gasteiger partial charge on any atom is 0.313 e. The molecule has 0 atom stereocenters. The van der Waals surface area contributed by atoms with Crippen molar-refractivity contribution in [2.45, 2.75) is 48.0 Å².